The minimum Gasteiger partial charge on any atom is -0.298 e. The topological polar surface area (TPSA) is 51.2 Å². The normalized spacial score (nSPS) is 18.7. The summed E-state index contributed by atoms with van der Waals surface area (Å²) >= 11 is 0. The molecule has 0 spiro atoms. The van der Waals surface area contributed by atoms with Gasteiger partial charge in [-0.2, -0.15) is 0 Å². The number of benzene rings is 1. The molecule has 0 saturated heterocycles. The summed E-state index contributed by atoms with van der Waals surface area (Å²) in [4.78, 5) is 11.1. The molecule has 0 radical (unpaired) electrons. The van der Waals surface area contributed by atoms with Crippen molar-refractivity contribution in [3.63, 3.8) is 0 Å². The standard InChI is InChI=1S/C14H18O3S/c1-18(16,17)11-14(8-4-5-9-14)13-7-3-2-6-12(13)10-15/h2-3,6-7,10H,4-5,8-9,11H2,1H3. The molecular formula is C14H18O3S. The Morgan fingerprint density at radius 3 is 2.39 bits per heavy atom. The molecule has 1 aromatic carbocycles. The fourth-order valence-corrected chi connectivity index (χ4v) is 4.58. The average Bonchev–Trinajstić information content (AvgIpc) is 2.76. The van der Waals surface area contributed by atoms with Crippen molar-refractivity contribution >= 4 is 16.1 Å². The van der Waals surface area contributed by atoms with Gasteiger partial charge in [0.15, 0.2) is 0 Å². The predicted octanol–water partition coefficient (Wildman–Crippen LogP) is 2.36. The minimum atomic E-state index is -3.06. The van der Waals surface area contributed by atoms with Gasteiger partial charge in [0, 0.05) is 17.2 Å². The Hall–Kier alpha value is -1.16. The summed E-state index contributed by atoms with van der Waals surface area (Å²) in [5.74, 6) is 0.144. The van der Waals surface area contributed by atoms with Gasteiger partial charge in [-0.3, -0.25) is 4.79 Å². The fourth-order valence-electron chi connectivity index (χ4n) is 3.13. The second kappa shape index (κ2) is 4.84. The average molecular weight is 266 g/mol. The molecule has 0 N–H and O–H groups in total. The molecule has 3 nitrogen and oxygen atoms in total. The van der Waals surface area contributed by atoms with Crippen molar-refractivity contribution in [1.29, 1.82) is 0 Å². The molecule has 0 amide bonds. The first kappa shape index (κ1) is 13.3. The maximum absolute atomic E-state index is 11.7. The number of aldehydes is 1. The van der Waals surface area contributed by atoms with Gasteiger partial charge in [0.1, 0.15) is 16.1 Å². The van der Waals surface area contributed by atoms with Gasteiger partial charge in [-0.15, -0.1) is 0 Å². The monoisotopic (exact) mass is 266 g/mol. The van der Waals surface area contributed by atoms with E-state index < -0.39 is 9.84 Å². The van der Waals surface area contributed by atoms with E-state index in [1.807, 2.05) is 18.2 Å². The Bertz CT molecular complexity index is 540. The van der Waals surface area contributed by atoms with Crippen LogP contribution in [0.25, 0.3) is 0 Å². The first-order valence-corrected chi connectivity index (χ1v) is 8.25. The van der Waals surface area contributed by atoms with Gasteiger partial charge in [0.05, 0.1) is 5.75 Å². The van der Waals surface area contributed by atoms with Crippen LogP contribution in [0.1, 0.15) is 41.6 Å². The van der Waals surface area contributed by atoms with Gasteiger partial charge in [-0.1, -0.05) is 37.1 Å². The predicted molar refractivity (Wildman–Crippen MR) is 71.7 cm³/mol. The Kier molecular flexibility index (Phi) is 3.57. The number of sulfone groups is 1. The lowest BCUT2D eigenvalue weighted by Gasteiger charge is -2.30. The maximum atomic E-state index is 11.7. The molecule has 1 aliphatic carbocycles. The summed E-state index contributed by atoms with van der Waals surface area (Å²) in [7, 11) is -3.06. The summed E-state index contributed by atoms with van der Waals surface area (Å²) in [6.07, 6.45) is 5.87. The first-order chi connectivity index (χ1) is 8.47. The van der Waals surface area contributed by atoms with Crippen LogP contribution in [0.4, 0.5) is 0 Å². The molecule has 1 aromatic rings. The lowest BCUT2D eigenvalue weighted by molar-refractivity contribution is 0.112. The summed E-state index contributed by atoms with van der Waals surface area (Å²) in [6.45, 7) is 0. The van der Waals surface area contributed by atoms with Crippen molar-refractivity contribution in [3.05, 3.63) is 35.4 Å². The molecule has 0 bridgehead atoms. The largest absolute Gasteiger partial charge is 0.298 e. The molecule has 1 fully saturated rings. The van der Waals surface area contributed by atoms with Crippen LogP contribution in [0.2, 0.25) is 0 Å². The van der Waals surface area contributed by atoms with E-state index in [1.54, 1.807) is 6.07 Å². The zero-order chi connectivity index (χ0) is 13.2. The van der Waals surface area contributed by atoms with Gasteiger partial charge in [-0.05, 0) is 18.4 Å². The van der Waals surface area contributed by atoms with Crippen LogP contribution in [0.5, 0.6) is 0 Å². The highest BCUT2D eigenvalue weighted by Gasteiger charge is 2.39. The lowest BCUT2D eigenvalue weighted by Crippen LogP contribution is -2.32. The Morgan fingerprint density at radius 1 is 1.22 bits per heavy atom. The smallest absolute Gasteiger partial charge is 0.150 e. The molecule has 0 unspecified atom stereocenters. The van der Waals surface area contributed by atoms with Crippen LogP contribution < -0.4 is 0 Å². The summed E-state index contributed by atoms with van der Waals surface area (Å²) < 4.78 is 23.4. The highest BCUT2D eigenvalue weighted by atomic mass is 32.2. The summed E-state index contributed by atoms with van der Waals surface area (Å²) in [5, 5.41) is 0. The molecule has 0 heterocycles. The Morgan fingerprint density at radius 2 is 1.83 bits per heavy atom. The van der Waals surface area contributed by atoms with Crippen LogP contribution >= 0.6 is 0 Å². The third kappa shape index (κ3) is 2.64. The number of hydrogen-bond acceptors (Lipinski definition) is 3. The number of carbonyl (C=O) groups is 1. The van der Waals surface area contributed by atoms with Gasteiger partial charge in [0.2, 0.25) is 0 Å². The van der Waals surface area contributed by atoms with E-state index in [2.05, 4.69) is 0 Å². The molecule has 0 aromatic heterocycles. The quantitative estimate of drug-likeness (QED) is 0.786. The van der Waals surface area contributed by atoms with E-state index in [-0.39, 0.29) is 11.2 Å². The van der Waals surface area contributed by atoms with Gasteiger partial charge >= 0.3 is 0 Å². The van der Waals surface area contributed by atoms with Crippen molar-refractivity contribution < 1.29 is 13.2 Å². The van der Waals surface area contributed by atoms with Gasteiger partial charge in [-0.25, -0.2) is 8.42 Å². The zero-order valence-electron chi connectivity index (χ0n) is 10.6. The highest BCUT2D eigenvalue weighted by molar-refractivity contribution is 7.90. The fraction of sp³-hybridized carbons (Fsp3) is 0.500. The number of rotatable bonds is 4. The van der Waals surface area contributed by atoms with Crippen molar-refractivity contribution in [2.45, 2.75) is 31.1 Å². The molecule has 2 rings (SSSR count). The lowest BCUT2D eigenvalue weighted by atomic mass is 9.78. The number of carbonyl (C=O) groups excluding carboxylic acids is 1. The highest BCUT2D eigenvalue weighted by Crippen LogP contribution is 2.43. The third-order valence-corrected chi connectivity index (χ3v) is 4.84. The van der Waals surface area contributed by atoms with Crippen molar-refractivity contribution in [2.24, 2.45) is 0 Å². The van der Waals surface area contributed by atoms with E-state index in [4.69, 9.17) is 0 Å². The molecule has 1 aliphatic rings. The van der Waals surface area contributed by atoms with Crippen LogP contribution in [0.3, 0.4) is 0 Å². The van der Waals surface area contributed by atoms with E-state index in [1.165, 1.54) is 6.26 Å². The van der Waals surface area contributed by atoms with Crippen molar-refractivity contribution in [1.82, 2.24) is 0 Å². The van der Waals surface area contributed by atoms with E-state index in [0.717, 1.165) is 37.5 Å². The van der Waals surface area contributed by atoms with E-state index in [9.17, 15) is 13.2 Å². The van der Waals surface area contributed by atoms with E-state index in [0.29, 0.717) is 5.56 Å². The molecule has 0 aliphatic heterocycles. The first-order valence-electron chi connectivity index (χ1n) is 6.19. The van der Waals surface area contributed by atoms with Crippen LogP contribution in [-0.2, 0) is 15.3 Å². The molecule has 0 atom stereocenters. The van der Waals surface area contributed by atoms with E-state index >= 15 is 0 Å². The van der Waals surface area contributed by atoms with Crippen LogP contribution in [0.15, 0.2) is 24.3 Å². The summed E-state index contributed by atoms with van der Waals surface area (Å²) in [5.41, 5.74) is 1.18. The molecular weight excluding hydrogens is 248 g/mol. The second-order valence-electron chi connectivity index (χ2n) is 5.26. The van der Waals surface area contributed by atoms with Crippen molar-refractivity contribution in [2.75, 3.05) is 12.0 Å². The second-order valence-corrected chi connectivity index (χ2v) is 7.40. The van der Waals surface area contributed by atoms with Crippen LogP contribution in [-0.4, -0.2) is 26.7 Å². The Balaban J connectivity index is 2.50. The molecule has 1 saturated carbocycles. The number of hydrogen-bond donors (Lipinski definition) is 0. The van der Waals surface area contributed by atoms with Crippen LogP contribution in [0, 0.1) is 0 Å². The maximum Gasteiger partial charge on any atom is 0.150 e. The van der Waals surface area contributed by atoms with Gasteiger partial charge in [0.25, 0.3) is 0 Å². The van der Waals surface area contributed by atoms with Gasteiger partial charge < -0.3 is 0 Å². The SMILES string of the molecule is CS(=O)(=O)CC1(c2ccccc2C=O)CCCC1. The minimum absolute atomic E-state index is 0.144. The molecule has 4 heteroatoms. The summed E-state index contributed by atoms with van der Waals surface area (Å²) in [6, 6.07) is 7.37. The zero-order valence-corrected chi connectivity index (χ0v) is 11.4. The molecule has 18 heavy (non-hydrogen) atoms. The third-order valence-electron chi connectivity index (χ3n) is 3.76. The Labute approximate surface area is 108 Å². The van der Waals surface area contributed by atoms with Crippen molar-refractivity contribution in [3.8, 4) is 0 Å². The molecule has 98 valence electrons.